The Bertz CT molecular complexity index is 859. The first kappa shape index (κ1) is 27.5. The number of nitrogens with one attached hydrogen (secondary N) is 1. The molecule has 1 amide bonds. The van der Waals surface area contributed by atoms with Crippen LogP contribution in [0.4, 0.5) is 0 Å². The lowest BCUT2D eigenvalue weighted by Gasteiger charge is -2.32. The zero-order valence-electron chi connectivity index (χ0n) is 18.9. The summed E-state index contributed by atoms with van der Waals surface area (Å²) >= 11 is 11.0. The fourth-order valence-electron chi connectivity index (χ4n) is 2.65. The van der Waals surface area contributed by atoms with Crippen LogP contribution in [0.3, 0.4) is 0 Å². The summed E-state index contributed by atoms with van der Waals surface area (Å²) in [7, 11) is 1.51. The van der Waals surface area contributed by atoms with Gasteiger partial charge in [0.2, 0.25) is 10.4 Å². The molecular weight excluding hydrogens is 459 g/mol. The Morgan fingerprint density at radius 2 is 1.69 bits per heavy atom. The number of esters is 2. The second-order valence-corrected chi connectivity index (χ2v) is 9.53. The molecule has 0 fully saturated rings. The quantitative estimate of drug-likeness (QED) is 0.420. The fraction of sp³-hybridized carbons (Fsp3) is 0.545. The molecule has 0 aliphatic carbocycles. The number of methoxy groups -OCH3 is 1. The lowest BCUT2D eigenvalue weighted by Crippen LogP contribution is -2.60. The summed E-state index contributed by atoms with van der Waals surface area (Å²) in [4.78, 5) is 36.4. The number of carbonyl (C=O) groups excluding carboxylic acids is 3. The second kappa shape index (κ2) is 11.4. The number of nitrogens with zero attached hydrogens (tertiary/aromatic N) is 1. The Kier molecular flexibility index (Phi) is 9.80. The third-order valence-corrected chi connectivity index (χ3v) is 4.54. The highest BCUT2D eigenvalue weighted by Gasteiger charge is 2.46. The molecular formula is C22H28Cl2N2O6. The van der Waals surface area contributed by atoms with E-state index in [1.54, 1.807) is 58.9 Å². The second-order valence-electron chi connectivity index (χ2n) is 8.44. The van der Waals surface area contributed by atoms with E-state index in [4.69, 9.17) is 37.4 Å². The van der Waals surface area contributed by atoms with Crippen molar-refractivity contribution in [3.8, 4) is 11.8 Å². The number of carbonyl (C=O) groups is 3. The number of rotatable bonds is 9. The molecule has 176 valence electrons. The van der Waals surface area contributed by atoms with Crippen molar-refractivity contribution in [1.29, 1.82) is 5.26 Å². The van der Waals surface area contributed by atoms with Gasteiger partial charge >= 0.3 is 11.9 Å². The molecule has 0 aromatic heterocycles. The van der Waals surface area contributed by atoms with Gasteiger partial charge in [-0.2, -0.15) is 5.26 Å². The van der Waals surface area contributed by atoms with E-state index in [0.29, 0.717) is 11.3 Å². The van der Waals surface area contributed by atoms with Crippen LogP contribution in [0.25, 0.3) is 0 Å². The normalized spacial score (nSPS) is 14.2. The van der Waals surface area contributed by atoms with E-state index in [9.17, 15) is 19.6 Å². The highest BCUT2D eigenvalue weighted by atomic mass is 35.5. The Morgan fingerprint density at radius 1 is 1.12 bits per heavy atom. The predicted molar refractivity (Wildman–Crippen MR) is 119 cm³/mol. The van der Waals surface area contributed by atoms with Gasteiger partial charge in [0.15, 0.2) is 6.10 Å². The maximum absolute atomic E-state index is 13.1. The van der Waals surface area contributed by atoms with Crippen LogP contribution in [0.5, 0.6) is 5.75 Å². The van der Waals surface area contributed by atoms with Gasteiger partial charge in [0.1, 0.15) is 17.4 Å². The first-order chi connectivity index (χ1) is 14.7. The van der Waals surface area contributed by atoms with E-state index in [-0.39, 0.29) is 6.42 Å². The van der Waals surface area contributed by atoms with Crippen molar-refractivity contribution in [3.05, 3.63) is 29.8 Å². The Labute approximate surface area is 198 Å². The Morgan fingerprint density at radius 3 is 2.09 bits per heavy atom. The van der Waals surface area contributed by atoms with Crippen molar-refractivity contribution in [3.63, 3.8) is 0 Å². The molecule has 8 nitrogen and oxygen atoms in total. The van der Waals surface area contributed by atoms with Gasteiger partial charge in [-0.1, -0.05) is 49.2 Å². The number of halogens is 2. The average Bonchev–Trinajstić information content (AvgIpc) is 2.69. The molecule has 1 N–H and O–H groups in total. The largest absolute Gasteiger partial charge is 0.497 e. The van der Waals surface area contributed by atoms with Crippen molar-refractivity contribution in [2.45, 2.75) is 63.1 Å². The topological polar surface area (TPSA) is 115 Å². The van der Waals surface area contributed by atoms with Crippen molar-refractivity contribution in [2.75, 3.05) is 7.11 Å². The van der Waals surface area contributed by atoms with E-state index in [1.165, 1.54) is 7.11 Å². The van der Waals surface area contributed by atoms with E-state index in [2.05, 4.69) is 5.32 Å². The summed E-state index contributed by atoms with van der Waals surface area (Å²) in [6, 6.07) is 8.53. The number of hydrogen-bond acceptors (Lipinski definition) is 7. The van der Waals surface area contributed by atoms with Gasteiger partial charge in [0, 0.05) is 6.42 Å². The smallest absolute Gasteiger partial charge is 0.347 e. The molecule has 2 atom stereocenters. The van der Waals surface area contributed by atoms with Crippen LogP contribution in [-0.4, -0.2) is 47.0 Å². The molecule has 0 heterocycles. The van der Waals surface area contributed by atoms with Crippen LogP contribution in [0.15, 0.2) is 24.3 Å². The minimum atomic E-state index is -2.08. The molecule has 0 aliphatic heterocycles. The maximum atomic E-state index is 13.1. The standard InChI is InChI=1S/C22H28Cl2N2O6/c1-13(2)16(31-19(28)17(23)24)18(27)26-22(12-25,20(29)32-21(3,4)5)11-14-7-9-15(30-6)10-8-14/h7-10,13,16-17H,11H2,1-6H3,(H,26,27). The molecule has 0 saturated carbocycles. The average molecular weight is 487 g/mol. The van der Waals surface area contributed by atoms with Crippen LogP contribution in [0.1, 0.15) is 40.2 Å². The molecule has 10 heteroatoms. The van der Waals surface area contributed by atoms with Crippen molar-refractivity contribution < 1.29 is 28.6 Å². The molecule has 0 saturated heterocycles. The predicted octanol–water partition coefficient (Wildman–Crippen LogP) is 3.33. The Balaban J connectivity index is 3.33. The lowest BCUT2D eigenvalue weighted by molar-refractivity contribution is -0.164. The van der Waals surface area contributed by atoms with Gasteiger partial charge in [-0.25, -0.2) is 9.59 Å². The number of amides is 1. The highest BCUT2D eigenvalue weighted by Crippen LogP contribution is 2.22. The molecule has 0 spiro atoms. The molecule has 0 radical (unpaired) electrons. The zero-order valence-corrected chi connectivity index (χ0v) is 20.4. The summed E-state index contributed by atoms with van der Waals surface area (Å²) < 4.78 is 15.6. The van der Waals surface area contributed by atoms with E-state index >= 15 is 0 Å². The van der Waals surface area contributed by atoms with Crippen LogP contribution in [-0.2, 0) is 30.3 Å². The fourth-order valence-corrected chi connectivity index (χ4v) is 2.75. The maximum Gasteiger partial charge on any atom is 0.347 e. The van der Waals surface area contributed by atoms with Crippen LogP contribution in [0, 0.1) is 17.2 Å². The number of alkyl halides is 2. The molecule has 0 bridgehead atoms. The number of ether oxygens (including phenoxy) is 3. The van der Waals surface area contributed by atoms with E-state index < -0.39 is 45.8 Å². The minimum absolute atomic E-state index is 0.194. The zero-order chi connectivity index (χ0) is 24.7. The monoisotopic (exact) mass is 486 g/mol. The third-order valence-electron chi connectivity index (χ3n) is 4.19. The summed E-state index contributed by atoms with van der Waals surface area (Å²) in [5.74, 6) is -2.73. The van der Waals surface area contributed by atoms with Crippen LogP contribution in [0.2, 0.25) is 0 Å². The summed E-state index contributed by atoms with van der Waals surface area (Å²) in [6.07, 6.45) is -1.53. The summed E-state index contributed by atoms with van der Waals surface area (Å²) in [6.45, 7) is 8.17. The molecule has 1 aromatic rings. The first-order valence-electron chi connectivity index (χ1n) is 9.83. The first-order valence-corrected chi connectivity index (χ1v) is 10.7. The number of nitriles is 1. The third kappa shape index (κ3) is 7.88. The molecule has 0 aliphatic rings. The van der Waals surface area contributed by atoms with Gasteiger partial charge in [-0.15, -0.1) is 0 Å². The Hall–Kier alpha value is -2.50. The SMILES string of the molecule is COc1ccc(CC(C#N)(NC(=O)C(OC(=O)C(Cl)Cl)C(C)C)C(=O)OC(C)(C)C)cc1. The minimum Gasteiger partial charge on any atom is -0.497 e. The van der Waals surface area contributed by atoms with Crippen LogP contribution >= 0.6 is 23.2 Å². The molecule has 2 unspecified atom stereocenters. The van der Waals surface area contributed by atoms with E-state index in [1.807, 2.05) is 6.07 Å². The van der Waals surface area contributed by atoms with Crippen molar-refractivity contribution in [2.24, 2.45) is 5.92 Å². The summed E-state index contributed by atoms with van der Waals surface area (Å²) in [5, 5.41) is 12.4. The van der Waals surface area contributed by atoms with E-state index in [0.717, 1.165) is 0 Å². The molecule has 32 heavy (non-hydrogen) atoms. The van der Waals surface area contributed by atoms with Crippen molar-refractivity contribution >= 4 is 41.0 Å². The van der Waals surface area contributed by atoms with Gasteiger partial charge in [-0.05, 0) is 44.4 Å². The number of benzene rings is 1. The highest BCUT2D eigenvalue weighted by molar-refractivity contribution is 6.52. The number of hydrogen-bond donors (Lipinski definition) is 1. The van der Waals surface area contributed by atoms with Crippen LogP contribution < -0.4 is 10.1 Å². The van der Waals surface area contributed by atoms with Gasteiger partial charge in [-0.3, -0.25) is 4.79 Å². The van der Waals surface area contributed by atoms with Gasteiger partial charge in [0.25, 0.3) is 5.91 Å². The summed E-state index contributed by atoms with van der Waals surface area (Å²) in [5.41, 5.74) is -2.43. The lowest BCUT2D eigenvalue weighted by atomic mass is 9.90. The van der Waals surface area contributed by atoms with Gasteiger partial charge in [0.05, 0.1) is 7.11 Å². The molecule has 1 aromatic carbocycles. The molecule has 1 rings (SSSR count). The van der Waals surface area contributed by atoms with Gasteiger partial charge < -0.3 is 19.5 Å². The van der Waals surface area contributed by atoms with Crippen molar-refractivity contribution in [1.82, 2.24) is 5.32 Å².